The highest BCUT2D eigenvalue weighted by Gasteiger charge is 2.27. The highest BCUT2D eigenvalue weighted by atomic mass is 16.4. The predicted octanol–water partition coefficient (Wildman–Crippen LogP) is 3.80. The summed E-state index contributed by atoms with van der Waals surface area (Å²) in [5, 5.41) is 13.0. The predicted molar refractivity (Wildman–Crippen MR) is 96.5 cm³/mol. The molecule has 0 aliphatic heterocycles. The molecule has 0 fully saturated rings. The number of urea groups is 1. The topological polar surface area (TPSA) is 82.8 Å². The minimum absolute atomic E-state index is 0.119. The molecule has 0 saturated heterocycles. The first-order chi connectivity index (χ1) is 11.7. The van der Waals surface area contributed by atoms with E-state index in [0.29, 0.717) is 0 Å². The minimum atomic E-state index is -0.923. The number of hydrogen-bond acceptors (Lipinski definition) is 3. The van der Waals surface area contributed by atoms with E-state index in [9.17, 15) is 9.59 Å². The Morgan fingerprint density at radius 2 is 1.88 bits per heavy atom. The van der Waals surface area contributed by atoms with Crippen LogP contribution in [-0.2, 0) is 4.79 Å². The zero-order valence-electron chi connectivity index (χ0n) is 15.4. The first kappa shape index (κ1) is 18.8. The summed E-state index contributed by atoms with van der Waals surface area (Å²) in [5.74, 6) is -0.688. The van der Waals surface area contributed by atoms with E-state index < -0.39 is 11.9 Å². The van der Waals surface area contributed by atoms with Crippen LogP contribution in [0.2, 0.25) is 0 Å². The summed E-state index contributed by atoms with van der Waals surface area (Å²) in [5.41, 5.74) is 1.80. The van der Waals surface area contributed by atoms with Gasteiger partial charge < -0.3 is 19.7 Å². The molecule has 0 bridgehead atoms. The van der Waals surface area contributed by atoms with Gasteiger partial charge in [0.05, 0.1) is 12.0 Å². The quantitative estimate of drug-likeness (QED) is 0.833. The maximum absolute atomic E-state index is 12.5. The molecule has 2 unspecified atom stereocenters. The fourth-order valence-corrected chi connectivity index (χ4v) is 2.84. The van der Waals surface area contributed by atoms with Gasteiger partial charge in [0.2, 0.25) is 0 Å². The van der Waals surface area contributed by atoms with Gasteiger partial charge in [-0.15, -0.1) is 0 Å². The molecule has 2 atom stereocenters. The number of fused-ring (bicyclic) bond motifs is 1. The Kier molecular flexibility index (Phi) is 5.72. The molecule has 0 radical (unpaired) electrons. The van der Waals surface area contributed by atoms with Crippen LogP contribution in [0.25, 0.3) is 11.0 Å². The Morgan fingerprint density at radius 1 is 1.24 bits per heavy atom. The third-order valence-electron chi connectivity index (χ3n) is 4.42. The Bertz CT molecular complexity index is 766. The molecule has 2 N–H and O–H groups in total. The van der Waals surface area contributed by atoms with Gasteiger partial charge in [-0.25, -0.2) is 4.79 Å². The highest BCUT2D eigenvalue weighted by Crippen LogP contribution is 2.32. The number of hydrogen-bond donors (Lipinski definition) is 2. The second-order valence-electron chi connectivity index (χ2n) is 6.88. The summed E-state index contributed by atoms with van der Waals surface area (Å²) in [6.45, 7) is 7.73. The van der Waals surface area contributed by atoms with Gasteiger partial charge in [0, 0.05) is 24.5 Å². The van der Waals surface area contributed by atoms with E-state index in [1.807, 2.05) is 45.0 Å². The van der Waals surface area contributed by atoms with E-state index in [-0.39, 0.29) is 24.5 Å². The van der Waals surface area contributed by atoms with E-state index in [0.717, 1.165) is 22.3 Å². The van der Waals surface area contributed by atoms with Crippen LogP contribution in [0.1, 0.15) is 38.1 Å². The third-order valence-corrected chi connectivity index (χ3v) is 4.42. The monoisotopic (exact) mass is 346 g/mol. The summed E-state index contributed by atoms with van der Waals surface area (Å²) in [4.78, 5) is 24.9. The molecule has 0 spiro atoms. The summed E-state index contributed by atoms with van der Waals surface area (Å²) in [6.07, 6.45) is 0. The molecule has 1 aromatic heterocycles. The second-order valence-corrected chi connectivity index (χ2v) is 6.88. The number of nitrogens with zero attached hydrogens (tertiary/aromatic N) is 1. The van der Waals surface area contributed by atoms with Crippen LogP contribution in [0.15, 0.2) is 28.7 Å². The third kappa shape index (κ3) is 4.13. The van der Waals surface area contributed by atoms with E-state index in [1.165, 1.54) is 4.90 Å². The molecule has 6 heteroatoms. The number of carbonyl (C=O) groups is 2. The van der Waals surface area contributed by atoms with Crippen LogP contribution < -0.4 is 5.32 Å². The van der Waals surface area contributed by atoms with Crippen molar-refractivity contribution in [3.8, 4) is 0 Å². The van der Waals surface area contributed by atoms with Gasteiger partial charge in [0.1, 0.15) is 11.3 Å². The zero-order chi connectivity index (χ0) is 18.7. The lowest BCUT2D eigenvalue weighted by atomic mass is 9.98. The number of aryl methyl sites for hydroxylation is 1. The van der Waals surface area contributed by atoms with Crippen LogP contribution in [0.5, 0.6) is 0 Å². The number of furan rings is 1. The van der Waals surface area contributed by atoms with Crippen LogP contribution in [0.3, 0.4) is 0 Å². The standard InChI is InChI=1S/C19H26N2O4/c1-11(2)16(20-19(24)21(5)10-12(3)18(22)23)17-13(4)14-8-6-7-9-15(14)25-17/h6-9,11-12,16H,10H2,1-5H3,(H,20,24)(H,22,23). The fourth-order valence-electron chi connectivity index (χ4n) is 2.84. The van der Waals surface area contributed by atoms with Gasteiger partial charge in [-0.05, 0) is 18.9 Å². The molecule has 0 aliphatic carbocycles. The van der Waals surface area contributed by atoms with E-state index in [2.05, 4.69) is 5.32 Å². The van der Waals surface area contributed by atoms with Gasteiger partial charge in [0.25, 0.3) is 0 Å². The maximum Gasteiger partial charge on any atom is 0.317 e. The molecule has 1 heterocycles. The zero-order valence-corrected chi connectivity index (χ0v) is 15.4. The van der Waals surface area contributed by atoms with E-state index in [1.54, 1.807) is 14.0 Å². The van der Waals surface area contributed by atoms with E-state index >= 15 is 0 Å². The SMILES string of the molecule is Cc1c(C(NC(=O)N(C)CC(C)C(=O)O)C(C)C)oc2ccccc12. The van der Waals surface area contributed by atoms with Crippen molar-refractivity contribution >= 4 is 23.0 Å². The lowest BCUT2D eigenvalue weighted by Gasteiger charge is -2.26. The van der Waals surface area contributed by atoms with Crippen molar-refractivity contribution < 1.29 is 19.1 Å². The lowest BCUT2D eigenvalue weighted by molar-refractivity contribution is -0.141. The molecule has 2 aromatic rings. The van der Waals surface area contributed by atoms with Gasteiger partial charge in [-0.1, -0.05) is 39.0 Å². The number of carboxylic acids is 1. The molecule has 6 nitrogen and oxygen atoms in total. The average molecular weight is 346 g/mol. The second kappa shape index (κ2) is 7.59. The van der Waals surface area contributed by atoms with Gasteiger partial charge in [-0.3, -0.25) is 4.79 Å². The molecular formula is C19H26N2O4. The number of amides is 2. The molecular weight excluding hydrogens is 320 g/mol. The number of nitrogens with one attached hydrogen (secondary N) is 1. The summed E-state index contributed by atoms with van der Waals surface area (Å²) < 4.78 is 5.99. The van der Waals surface area contributed by atoms with Gasteiger partial charge in [-0.2, -0.15) is 0 Å². The highest BCUT2D eigenvalue weighted by molar-refractivity contribution is 5.82. The number of benzene rings is 1. The smallest absolute Gasteiger partial charge is 0.317 e. The fraction of sp³-hybridized carbons (Fsp3) is 0.474. The minimum Gasteiger partial charge on any atom is -0.481 e. The first-order valence-corrected chi connectivity index (χ1v) is 8.44. The van der Waals surface area contributed by atoms with Crippen LogP contribution in [0, 0.1) is 18.8 Å². The van der Waals surface area contributed by atoms with Gasteiger partial charge in [0.15, 0.2) is 0 Å². The van der Waals surface area contributed by atoms with Crippen molar-refractivity contribution in [2.45, 2.75) is 33.7 Å². The van der Waals surface area contributed by atoms with Crippen molar-refractivity contribution in [3.05, 3.63) is 35.6 Å². The molecule has 2 rings (SSSR count). The number of para-hydroxylation sites is 1. The number of rotatable bonds is 6. The summed E-state index contributed by atoms with van der Waals surface area (Å²) in [7, 11) is 1.59. The van der Waals surface area contributed by atoms with Crippen molar-refractivity contribution in [2.24, 2.45) is 11.8 Å². The Labute approximate surface area is 147 Å². The van der Waals surface area contributed by atoms with Crippen molar-refractivity contribution in [3.63, 3.8) is 0 Å². The van der Waals surface area contributed by atoms with Gasteiger partial charge >= 0.3 is 12.0 Å². The Morgan fingerprint density at radius 3 is 2.44 bits per heavy atom. The molecule has 1 aromatic carbocycles. The molecule has 0 aliphatic rings. The van der Waals surface area contributed by atoms with Crippen LogP contribution >= 0.6 is 0 Å². The van der Waals surface area contributed by atoms with Crippen LogP contribution in [-0.4, -0.2) is 35.6 Å². The maximum atomic E-state index is 12.5. The lowest BCUT2D eigenvalue weighted by Crippen LogP contribution is -2.43. The summed E-state index contributed by atoms with van der Waals surface area (Å²) >= 11 is 0. The number of carbonyl (C=O) groups excluding carboxylic acids is 1. The number of carboxylic acid groups (broad SMARTS) is 1. The van der Waals surface area contributed by atoms with Crippen molar-refractivity contribution in [2.75, 3.05) is 13.6 Å². The summed E-state index contributed by atoms with van der Waals surface area (Å²) in [6, 6.07) is 7.18. The molecule has 25 heavy (non-hydrogen) atoms. The molecule has 2 amide bonds. The van der Waals surface area contributed by atoms with Crippen molar-refractivity contribution in [1.82, 2.24) is 10.2 Å². The Balaban J connectivity index is 2.22. The normalized spacial score (nSPS) is 13.7. The average Bonchev–Trinajstić information content (AvgIpc) is 2.88. The van der Waals surface area contributed by atoms with E-state index in [4.69, 9.17) is 9.52 Å². The molecule has 0 saturated carbocycles. The Hall–Kier alpha value is -2.50. The number of aliphatic carboxylic acids is 1. The van der Waals surface area contributed by atoms with Crippen LogP contribution in [0.4, 0.5) is 4.79 Å². The largest absolute Gasteiger partial charge is 0.481 e. The van der Waals surface area contributed by atoms with Crippen molar-refractivity contribution in [1.29, 1.82) is 0 Å². The first-order valence-electron chi connectivity index (χ1n) is 8.44. The molecule has 136 valence electrons.